The third kappa shape index (κ3) is 6.73. The first-order chi connectivity index (χ1) is 10.2. The van der Waals surface area contributed by atoms with E-state index in [-0.39, 0.29) is 25.0 Å². The molecule has 1 aromatic carbocycles. The van der Waals surface area contributed by atoms with Crippen molar-refractivity contribution >= 4 is 11.8 Å². The van der Waals surface area contributed by atoms with Crippen molar-refractivity contribution in [3.05, 3.63) is 29.8 Å². The summed E-state index contributed by atoms with van der Waals surface area (Å²) in [5.74, 6) is -0.0776. The lowest BCUT2D eigenvalue weighted by atomic mass is 10.2. The summed E-state index contributed by atoms with van der Waals surface area (Å²) in [5, 5.41) is 5.06. The molecule has 0 aliphatic carbocycles. The number of hydrogen-bond donors (Lipinski definition) is 3. The van der Waals surface area contributed by atoms with Gasteiger partial charge in [0.15, 0.2) is 6.61 Å². The molecule has 4 N–H and O–H groups in total. The van der Waals surface area contributed by atoms with E-state index < -0.39 is 0 Å². The Morgan fingerprint density at radius 1 is 1.19 bits per heavy atom. The van der Waals surface area contributed by atoms with Crippen molar-refractivity contribution in [2.45, 2.75) is 6.54 Å². The van der Waals surface area contributed by atoms with E-state index in [1.165, 1.54) is 0 Å². The lowest BCUT2D eigenvalue weighted by Crippen LogP contribution is -2.39. The fourth-order valence-corrected chi connectivity index (χ4v) is 1.54. The SMILES string of the molecule is COCCNC(=O)CNC(=O)COc1ccccc1CN. The second-order valence-corrected chi connectivity index (χ2v) is 4.22. The molecule has 0 saturated carbocycles. The minimum absolute atomic E-state index is 0.0928. The maximum Gasteiger partial charge on any atom is 0.258 e. The van der Waals surface area contributed by atoms with E-state index in [9.17, 15) is 9.59 Å². The molecule has 21 heavy (non-hydrogen) atoms. The molecule has 0 bridgehead atoms. The van der Waals surface area contributed by atoms with Crippen LogP contribution in [0, 0.1) is 0 Å². The summed E-state index contributed by atoms with van der Waals surface area (Å²) in [4.78, 5) is 22.9. The van der Waals surface area contributed by atoms with Crippen LogP contribution in [0.3, 0.4) is 0 Å². The second kappa shape index (κ2) is 9.73. The lowest BCUT2D eigenvalue weighted by molar-refractivity contribution is -0.127. The van der Waals surface area contributed by atoms with Crippen LogP contribution in [-0.2, 0) is 20.9 Å². The van der Waals surface area contributed by atoms with Crippen molar-refractivity contribution in [1.29, 1.82) is 0 Å². The van der Waals surface area contributed by atoms with E-state index in [1.54, 1.807) is 19.2 Å². The Hall–Kier alpha value is -2.12. The number of para-hydroxylation sites is 1. The summed E-state index contributed by atoms with van der Waals surface area (Å²) >= 11 is 0. The Labute approximate surface area is 123 Å². The number of amides is 2. The first-order valence-corrected chi connectivity index (χ1v) is 6.60. The van der Waals surface area contributed by atoms with Gasteiger partial charge >= 0.3 is 0 Å². The summed E-state index contributed by atoms with van der Waals surface area (Å²) in [6.07, 6.45) is 0. The Bertz CT molecular complexity index is 465. The van der Waals surface area contributed by atoms with Crippen LogP contribution in [0.4, 0.5) is 0 Å². The molecule has 0 unspecified atom stereocenters. The van der Waals surface area contributed by atoms with Crippen molar-refractivity contribution in [1.82, 2.24) is 10.6 Å². The van der Waals surface area contributed by atoms with Crippen LogP contribution in [0.5, 0.6) is 5.75 Å². The Kier molecular flexibility index (Phi) is 7.85. The summed E-state index contributed by atoms with van der Waals surface area (Å²) in [7, 11) is 1.55. The zero-order valence-corrected chi connectivity index (χ0v) is 12.1. The predicted octanol–water partition coefficient (Wildman–Crippen LogP) is -0.597. The number of benzene rings is 1. The standard InChI is InChI=1S/C14H21N3O4/c1-20-7-6-16-13(18)9-17-14(19)10-21-12-5-3-2-4-11(12)8-15/h2-5H,6-10,15H2,1H3,(H,16,18)(H,17,19). The fourth-order valence-electron chi connectivity index (χ4n) is 1.54. The van der Waals surface area contributed by atoms with Crippen LogP contribution in [-0.4, -0.2) is 45.2 Å². The number of hydrogen-bond acceptors (Lipinski definition) is 5. The van der Waals surface area contributed by atoms with Crippen LogP contribution in [0.25, 0.3) is 0 Å². The van der Waals surface area contributed by atoms with Crippen molar-refractivity contribution in [3.63, 3.8) is 0 Å². The molecule has 0 fully saturated rings. The van der Waals surface area contributed by atoms with Gasteiger partial charge in [0, 0.05) is 25.8 Å². The monoisotopic (exact) mass is 295 g/mol. The van der Waals surface area contributed by atoms with Crippen molar-refractivity contribution in [2.75, 3.05) is 33.4 Å². The van der Waals surface area contributed by atoms with Crippen LogP contribution in [0.2, 0.25) is 0 Å². The molecule has 0 spiro atoms. The highest BCUT2D eigenvalue weighted by molar-refractivity contribution is 5.85. The summed E-state index contributed by atoms with van der Waals surface area (Å²) in [5.41, 5.74) is 6.39. The minimum Gasteiger partial charge on any atom is -0.483 e. The third-order valence-corrected chi connectivity index (χ3v) is 2.63. The van der Waals surface area contributed by atoms with Gasteiger partial charge in [0.05, 0.1) is 13.2 Å². The summed E-state index contributed by atoms with van der Waals surface area (Å²) in [6.45, 7) is 0.913. The summed E-state index contributed by atoms with van der Waals surface area (Å²) in [6, 6.07) is 7.22. The molecule has 2 amide bonds. The van der Waals surface area contributed by atoms with Gasteiger partial charge in [-0.2, -0.15) is 0 Å². The maximum absolute atomic E-state index is 11.6. The molecule has 116 valence electrons. The number of nitrogens with one attached hydrogen (secondary N) is 2. The van der Waals surface area contributed by atoms with E-state index >= 15 is 0 Å². The number of carbonyl (C=O) groups excluding carboxylic acids is 2. The van der Waals surface area contributed by atoms with E-state index in [0.717, 1.165) is 5.56 Å². The first-order valence-electron chi connectivity index (χ1n) is 6.60. The maximum atomic E-state index is 11.6. The smallest absolute Gasteiger partial charge is 0.258 e. The predicted molar refractivity (Wildman–Crippen MR) is 77.7 cm³/mol. The van der Waals surface area contributed by atoms with Gasteiger partial charge in [0.1, 0.15) is 5.75 Å². The zero-order valence-electron chi connectivity index (χ0n) is 12.1. The van der Waals surface area contributed by atoms with Gasteiger partial charge in [-0.1, -0.05) is 18.2 Å². The fraction of sp³-hybridized carbons (Fsp3) is 0.429. The van der Waals surface area contributed by atoms with Crippen molar-refractivity contribution < 1.29 is 19.1 Å². The van der Waals surface area contributed by atoms with Crippen molar-refractivity contribution in [3.8, 4) is 5.75 Å². The molecular formula is C14H21N3O4. The largest absolute Gasteiger partial charge is 0.483 e. The van der Waals surface area contributed by atoms with Gasteiger partial charge in [0.2, 0.25) is 5.91 Å². The van der Waals surface area contributed by atoms with Crippen LogP contribution < -0.4 is 21.1 Å². The van der Waals surface area contributed by atoms with Gasteiger partial charge in [-0.25, -0.2) is 0 Å². The molecule has 0 heterocycles. The number of nitrogens with two attached hydrogens (primary N) is 1. The molecule has 0 saturated heterocycles. The van der Waals surface area contributed by atoms with Gasteiger partial charge in [-0.05, 0) is 6.07 Å². The molecule has 0 aromatic heterocycles. The van der Waals surface area contributed by atoms with E-state index in [1.807, 2.05) is 12.1 Å². The molecule has 0 atom stereocenters. The van der Waals surface area contributed by atoms with Gasteiger partial charge in [0.25, 0.3) is 5.91 Å². The topological polar surface area (TPSA) is 103 Å². The Morgan fingerprint density at radius 2 is 1.95 bits per heavy atom. The van der Waals surface area contributed by atoms with Crippen LogP contribution >= 0.6 is 0 Å². The second-order valence-electron chi connectivity index (χ2n) is 4.22. The molecule has 0 aliphatic heterocycles. The number of methoxy groups -OCH3 is 1. The first kappa shape index (κ1) is 16.9. The zero-order chi connectivity index (χ0) is 15.5. The molecule has 7 heteroatoms. The Balaban J connectivity index is 2.26. The van der Waals surface area contributed by atoms with E-state index in [4.69, 9.17) is 15.2 Å². The molecule has 0 aliphatic rings. The quantitative estimate of drug-likeness (QED) is 0.528. The van der Waals surface area contributed by atoms with E-state index in [0.29, 0.717) is 25.4 Å². The lowest BCUT2D eigenvalue weighted by Gasteiger charge is -2.10. The number of carbonyl (C=O) groups is 2. The highest BCUT2D eigenvalue weighted by Gasteiger charge is 2.07. The van der Waals surface area contributed by atoms with E-state index in [2.05, 4.69) is 10.6 Å². The molecule has 1 rings (SSSR count). The molecule has 7 nitrogen and oxygen atoms in total. The Morgan fingerprint density at radius 3 is 2.67 bits per heavy atom. The average molecular weight is 295 g/mol. The molecule has 0 radical (unpaired) electrons. The normalized spacial score (nSPS) is 10.0. The highest BCUT2D eigenvalue weighted by Crippen LogP contribution is 2.16. The minimum atomic E-state index is -0.372. The van der Waals surface area contributed by atoms with Crippen LogP contribution in [0.1, 0.15) is 5.56 Å². The van der Waals surface area contributed by atoms with Gasteiger partial charge in [-0.15, -0.1) is 0 Å². The molecular weight excluding hydrogens is 274 g/mol. The van der Waals surface area contributed by atoms with Crippen LogP contribution in [0.15, 0.2) is 24.3 Å². The summed E-state index contributed by atoms with van der Waals surface area (Å²) < 4.78 is 10.2. The molecule has 1 aromatic rings. The average Bonchev–Trinajstić information content (AvgIpc) is 2.51. The van der Waals surface area contributed by atoms with Gasteiger partial charge < -0.3 is 25.8 Å². The van der Waals surface area contributed by atoms with Crippen molar-refractivity contribution in [2.24, 2.45) is 5.73 Å². The highest BCUT2D eigenvalue weighted by atomic mass is 16.5. The van der Waals surface area contributed by atoms with Gasteiger partial charge in [-0.3, -0.25) is 9.59 Å². The number of ether oxygens (including phenoxy) is 2. The third-order valence-electron chi connectivity index (χ3n) is 2.63. The number of rotatable bonds is 9.